The minimum atomic E-state index is -3.39. The van der Waals surface area contributed by atoms with Crippen LogP contribution in [0.2, 0.25) is 0 Å². The molecule has 2 aliphatic carbocycles. The van der Waals surface area contributed by atoms with Crippen molar-refractivity contribution >= 4 is 10.2 Å². The highest BCUT2D eigenvalue weighted by atomic mass is 32.2. The minimum Gasteiger partial charge on any atom is -0.259 e. The number of fused-ring (bicyclic) bond motifs is 3. The van der Waals surface area contributed by atoms with Crippen molar-refractivity contribution in [1.29, 1.82) is 0 Å². The topological polar surface area (TPSA) is 62.3 Å². The first-order valence-corrected chi connectivity index (χ1v) is 9.82. The first-order valence-electron chi connectivity index (χ1n) is 8.38. The van der Waals surface area contributed by atoms with Gasteiger partial charge in [-0.15, -0.1) is 0 Å². The monoisotopic (exact) mass is 321 g/mol. The van der Waals surface area contributed by atoms with Crippen LogP contribution in [0.4, 0.5) is 0 Å². The van der Waals surface area contributed by atoms with E-state index in [9.17, 15) is 8.42 Å². The Morgan fingerprint density at radius 1 is 1.18 bits per heavy atom. The van der Waals surface area contributed by atoms with Crippen molar-refractivity contribution in [2.75, 3.05) is 6.54 Å². The molecule has 6 heteroatoms. The van der Waals surface area contributed by atoms with E-state index in [1.807, 2.05) is 6.07 Å². The number of hydrogen-bond donors (Lipinski definition) is 1. The molecule has 2 unspecified atom stereocenters. The zero-order chi connectivity index (χ0) is 15.2. The molecular weight excluding hydrogens is 298 g/mol. The number of rotatable bonds is 1. The Bertz CT molecular complexity index is 655. The van der Waals surface area contributed by atoms with Gasteiger partial charge in [-0.2, -0.15) is 17.4 Å². The van der Waals surface area contributed by atoms with Gasteiger partial charge in [-0.1, -0.05) is 25.3 Å². The van der Waals surface area contributed by atoms with Gasteiger partial charge in [0, 0.05) is 18.8 Å². The summed E-state index contributed by atoms with van der Waals surface area (Å²) in [5, 5.41) is 0. The number of nitrogens with one attached hydrogen (secondary N) is 1. The predicted molar refractivity (Wildman–Crippen MR) is 84.4 cm³/mol. The van der Waals surface area contributed by atoms with Crippen molar-refractivity contribution in [3.63, 3.8) is 0 Å². The number of aromatic nitrogens is 1. The van der Waals surface area contributed by atoms with E-state index in [0.717, 1.165) is 44.2 Å². The van der Waals surface area contributed by atoms with E-state index in [0.29, 0.717) is 12.5 Å². The molecule has 5 nitrogen and oxygen atoms in total. The van der Waals surface area contributed by atoms with Crippen LogP contribution < -0.4 is 4.72 Å². The molecule has 2 heterocycles. The van der Waals surface area contributed by atoms with Crippen molar-refractivity contribution in [3.05, 3.63) is 29.6 Å². The van der Waals surface area contributed by atoms with Gasteiger partial charge in [0.15, 0.2) is 0 Å². The third-order valence-electron chi connectivity index (χ3n) is 5.46. The molecular formula is C16H23N3O2S. The first kappa shape index (κ1) is 14.6. The Labute approximate surface area is 132 Å². The molecule has 0 bridgehead atoms. The molecule has 1 aromatic rings. The standard InChI is InChI=1S/C16H23N3O2S/c20-22(21)18-16-13(9-8-12-5-4-10-17-15(12)16)11-19(22)14-6-2-1-3-7-14/h4-5,10,13-14,16,18H,1-3,6-9,11H2. The average molecular weight is 321 g/mol. The van der Waals surface area contributed by atoms with Gasteiger partial charge >= 0.3 is 0 Å². The second-order valence-corrected chi connectivity index (χ2v) is 8.46. The zero-order valence-corrected chi connectivity index (χ0v) is 13.6. The molecule has 0 radical (unpaired) electrons. The fourth-order valence-electron chi connectivity index (χ4n) is 4.29. The third-order valence-corrected chi connectivity index (χ3v) is 7.07. The Morgan fingerprint density at radius 3 is 2.82 bits per heavy atom. The summed E-state index contributed by atoms with van der Waals surface area (Å²) < 4.78 is 30.2. The Balaban J connectivity index is 1.63. The smallest absolute Gasteiger partial charge is 0.259 e. The summed E-state index contributed by atoms with van der Waals surface area (Å²) in [6, 6.07) is 4.05. The van der Waals surface area contributed by atoms with Gasteiger partial charge in [-0.05, 0) is 43.2 Å². The quantitative estimate of drug-likeness (QED) is 0.862. The van der Waals surface area contributed by atoms with Gasteiger partial charge in [0.05, 0.1) is 11.7 Å². The lowest BCUT2D eigenvalue weighted by Gasteiger charge is -2.44. The Kier molecular flexibility index (Phi) is 3.71. The van der Waals surface area contributed by atoms with E-state index in [4.69, 9.17) is 0 Å². The minimum absolute atomic E-state index is 0.144. The maximum Gasteiger partial charge on any atom is 0.280 e. The summed E-state index contributed by atoms with van der Waals surface area (Å²) in [4.78, 5) is 4.46. The van der Waals surface area contributed by atoms with E-state index >= 15 is 0 Å². The van der Waals surface area contributed by atoms with Crippen molar-refractivity contribution in [3.8, 4) is 0 Å². The number of nitrogens with zero attached hydrogens (tertiary/aromatic N) is 2. The molecule has 1 aromatic heterocycles. The van der Waals surface area contributed by atoms with Gasteiger partial charge in [-0.3, -0.25) is 4.98 Å². The lowest BCUT2D eigenvalue weighted by atomic mass is 9.82. The average Bonchev–Trinajstić information content (AvgIpc) is 2.54. The highest BCUT2D eigenvalue weighted by Crippen LogP contribution is 2.39. The van der Waals surface area contributed by atoms with E-state index in [2.05, 4.69) is 15.8 Å². The van der Waals surface area contributed by atoms with Crippen molar-refractivity contribution in [2.45, 2.75) is 57.0 Å². The molecule has 120 valence electrons. The molecule has 22 heavy (non-hydrogen) atoms. The van der Waals surface area contributed by atoms with Crippen molar-refractivity contribution < 1.29 is 8.42 Å². The lowest BCUT2D eigenvalue weighted by Crippen LogP contribution is -2.57. The summed E-state index contributed by atoms with van der Waals surface area (Å²) in [5.74, 6) is 0.341. The first-order chi connectivity index (χ1) is 10.6. The van der Waals surface area contributed by atoms with Crippen LogP contribution in [0.25, 0.3) is 0 Å². The van der Waals surface area contributed by atoms with Crippen LogP contribution in [0.5, 0.6) is 0 Å². The van der Waals surface area contributed by atoms with Gasteiger partial charge in [0.2, 0.25) is 0 Å². The summed E-state index contributed by atoms with van der Waals surface area (Å²) >= 11 is 0. The molecule has 2 atom stereocenters. The fourth-order valence-corrected chi connectivity index (χ4v) is 6.04. The predicted octanol–water partition coefficient (Wildman–Crippen LogP) is 2.17. The zero-order valence-electron chi connectivity index (χ0n) is 12.7. The van der Waals surface area contributed by atoms with Crippen LogP contribution in [-0.2, 0) is 16.6 Å². The molecule has 1 N–H and O–H groups in total. The van der Waals surface area contributed by atoms with Crippen LogP contribution in [0.3, 0.4) is 0 Å². The van der Waals surface area contributed by atoms with Gasteiger partial charge in [0.1, 0.15) is 0 Å². The molecule has 0 aromatic carbocycles. The van der Waals surface area contributed by atoms with E-state index in [-0.39, 0.29) is 12.1 Å². The van der Waals surface area contributed by atoms with Gasteiger partial charge in [0.25, 0.3) is 10.2 Å². The normalized spacial score (nSPS) is 32.2. The summed E-state index contributed by atoms with van der Waals surface area (Å²) in [7, 11) is -3.39. The second kappa shape index (κ2) is 5.58. The summed E-state index contributed by atoms with van der Waals surface area (Å²) in [5.41, 5.74) is 2.13. The van der Waals surface area contributed by atoms with Crippen LogP contribution in [0.15, 0.2) is 18.3 Å². The van der Waals surface area contributed by atoms with Crippen molar-refractivity contribution in [2.24, 2.45) is 5.92 Å². The van der Waals surface area contributed by atoms with E-state index in [1.165, 1.54) is 12.0 Å². The largest absolute Gasteiger partial charge is 0.280 e. The maximum atomic E-state index is 12.7. The molecule has 1 saturated carbocycles. The Hall–Kier alpha value is -0.980. The van der Waals surface area contributed by atoms with Crippen LogP contribution in [0, 0.1) is 5.92 Å². The molecule has 1 aliphatic heterocycles. The summed E-state index contributed by atoms with van der Waals surface area (Å²) in [6.07, 6.45) is 9.36. The highest BCUT2D eigenvalue weighted by molar-refractivity contribution is 7.87. The SMILES string of the molecule is O=S1(=O)NC2c3ncccc3CCC2CN1C1CCCCC1. The molecule has 3 aliphatic rings. The molecule has 1 saturated heterocycles. The Morgan fingerprint density at radius 2 is 2.00 bits per heavy atom. The van der Waals surface area contributed by atoms with Gasteiger partial charge in [-0.25, -0.2) is 0 Å². The molecule has 0 amide bonds. The fraction of sp³-hybridized carbons (Fsp3) is 0.688. The van der Waals surface area contributed by atoms with E-state index < -0.39 is 10.2 Å². The van der Waals surface area contributed by atoms with Crippen molar-refractivity contribution in [1.82, 2.24) is 14.0 Å². The van der Waals surface area contributed by atoms with E-state index in [1.54, 1.807) is 10.5 Å². The van der Waals surface area contributed by atoms with Crippen LogP contribution in [0.1, 0.15) is 55.8 Å². The summed E-state index contributed by atoms with van der Waals surface area (Å²) in [6.45, 7) is 0.653. The molecule has 0 spiro atoms. The lowest BCUT2D eigenvalue weighted by molar-refractivity contribution is 0.173. The molecule has 4 rings (SSSR count). The number of hydrogen-bond acceptors (Lipinski definition) is 3. The van der Waals surface area contributed by atoms with Crippen LogP contribution >= 0.6 is 0 Å². The van der Waals surface area contributed by atoms with Gasteiger partial charge < -0.3 is 0 Å². The third kappa shape index (κ3) is 2.47. The maximum absolute atomic E-state index is 12.7. The second-order valence-electron chi connectivity index (χ2n) is 6.81. The number of pyridine rings is 1. The van der Waals surface area contributed by atoms with Crippen LogP contribution in [-0.4, -0.2) is 30.3 Å². The molecule has 2 fully saturated rings. The number of aryl methyl sites for hydroxylation is 1. The highest BCUT2D eigenvalue weighted by Gasteiger charge is 2.44.